The Hall–Kier alpha value is -1.57. The van der Waals surface area contributed by atoms with Gasteiger partial charge in [-0.05, 0) is 19.1 Å². The molecule has 0 saturated heterocycles. The summed E-state index contributed by atoms with van der Waals surface area (Å²) in [6.07, 6.45) is 0.216. The van der Waals surface area contributed by atoms with E-state index in [4.69, 9.17) is 0 Å². The van der Waals surface area contributed by atoms with Crippen LogP contribution in [0.25, 0.3) is 0 Å². The Balaban J connectivity index is 3.17. The van der Waals surface area contributed by atoms with E-state index in [0.717, 1.165) is 6.07 Å². The quantitative estimate of drug-likeness (QED) is 0.478. The summed E-state index contributed by atoms with van der Waals surface area (Å²) >= 11 is 0. The summed E-state index contributed by atoms with van der Waals surface area (Å²) in [6, 6.07) is 3.53. The highest BCUT2D eigenvalue weighted by atomic mass is 32.2. The fourth-order valence-electron chi connectivity index (χ4n) is 1.00. The SMILES string of the molecule is Cc1ccc(OS(=O)(=O)C(F)(F)F)c(C=O)c1. The molecule has 0 saturated carbocycles. The van der Waals surface area contributed by atoms with Crippen LogP contribution in [0.1, 0.15) is 15.9 Å². The Morgan fingerprint density at radius 2 is 1.88 bits per heavy atom. The van der Waals surface area contributed by atoms with Crippen LogP contribution in [0.3, 0.4) is 0 Å². The maximum Gasteiger partial charge on any atom is 0.534 e. The molecular formula is C9H7F3O4S. The van der Waals surface area contributed by atoms with Crippen molar-refractivity contribution >= 4 is 16.4 Å². The van der Waals surface area contributed by atoms with Gasteiger partial charge in [0.2, 0.25) is 0 Å². The minimum atomic E-state index is -5.76. The number of halogens is 3. The van der Waals surface area contributed by atoms with Gasteiger partial charge in [-0.25, -0.2) is 0 Å². The number of alkyl halides is 3. The van der Waals surface area contributed by atoms with Gasteiger partial charge in [-0.2, -0.15) is 21.6 Å². The molecule has 0 aliphatic rings. The van der Waals surface area contributed by atoms with Crippen molar-refractivity contribution in [2.24, 2.45) is 0 Å². The molecule has 0 radical (unpaired) electrons. The Labute approximate surface area is 95.1 Å². The van der Waals surface area contributed by atoms with Crippen LogP contribution in [-0.2, 0) is 10.1 Å². The minimum Gasteiger partial charge on any atom is -0.375 e. The van der Waals surface area contributed by atoms with Crippen molar-refractivity contribution < 1.29 is 30.6 Å². The zero-order chi connectivity index (χ0) is 13.3. The maximum atomic E-state index is 12.0. The summed E-state index contributed by atoms with van der Waals surface area (Å²) in [4.78, 5) is 10.6. The molecule has 1 aromatic rings. The van der Waals surface area contributed by atoms with Gasteiger partial charge in [-0.1, -0.05) is 11.6 Å². The number of carbonyl (C=O) groups is 1. The van der Waals surface area contributed by atoms with Crippen molar-refractivity contribution in [1.82, 2.24) is 0 Å². The lowest BCUT2D eigenvalue weighted by molar-refractivity contribution is -0.0500. The smallest absolute Gasteiger partial charge is 0.375 e. The number of aldehydes is 1. The first-order chi connectivity index (χ1) is 7.67. The zero-order valence-electron chi connectivity index (χ0n) is 8.48. The molecule has 0 aromatic heterocycles. The average Bonchev–Trinajstić information content (AvgIpc) is 2.18. The maximum absolute atomic E-state index is 12.0. The Morgan fingerprint density at radius 3 is 2.35 bits per heavy atom. The fraction of sp³-hybridized carbons (Fsp3) is 0.222. The average molecular weight is 268 g/mol. The second kappa shape index (κ2) is 4.36. The van der Waals surface area contributed by atoms with E-state index in [-0.39, 0.29) is 11.8 Å². The van der Waals surface area contributed by atoms with E-state index in [1.807, 2.05) is 0 Å². The van der Waals surface area contributed by atoms with Crippen molar-refractivity contribution in [3.05, 3.63) is 29.3 Å². The first-order valence-electron chi connectivity index (χ1n) is 4.24. The van der Waals surface area contributed by atoms with Crippen LogP contribution < -0.4 is 4.18 Å². The molecule has 0 unspecified atom stereocenters. The van der Waals surface area contributed by atoms with Gasteiger partial charge in [0, 0.05) is 0 Å². The van der Waals surface area contributed by atoms with Crippen LogP contribution in [0, 0.1) is 6.92 Å². The molecule has 94 valence electrons. The first kappa shape index (κ1) is 13.5. The van der Waals surface area contributed by atoms with Crippen LogP contribution >= 0.6 is 0 Å². The van der Waals surface area contributed by atoms with Crippen LogP contribution in [0.2, 0.25) is 0 Å². The van der Waals surface area contributed by atoms with Gasteiger partial charge in [0.05, 0.1) is 5.56 Å². The number of carbonyl (C=O) groups excluding carboxylic acids is 1. The molecule has 0 N–H and O–H groups in total. The van der Waals surface area contributed by atoms with E-state index in [1.54, 1.807) is 6.92 Å². The van der Waals surface area contributed by atoms with Gasteiger partial charge in [-0.3, -0.25) is 4.79 Å². The molecule has 4 nitrogen and oxygen atoms in total. The normalized spacial score (nSPS) is 12.2. The molecule has 0 bridgehead atoms. The van der Waals surface area contributed by atoms with E-state index in [1.165, 1.54) is 12.1 Å². The molecule has 17 heavy (non-hydrogen) atoms. The topological polar surface area (TPSA) is 60.4 Å². The lowest BCUT2D eigenvalue weighted by Gasteiger charge is -2.10. The third kappa shape index (κ3) is 2.96. The van der Waals surface area contributed by atoms with Gasteiger partial charge in [0.1, 0.15) is 0 Å². The third-order valence-corrected chi connectivity index (χ3v) is 2.74. The van der Waals surface area contributed by atoms with E-state index in [9.17, 15) is 26.4 Å². The molecule has 0 atom stereocenters. The third-order valence-electron chi connectivity index (χ3n) is 1.78. The molecule has 0 spiro atoms. The summed E-state index contributed by atoms with van der Waals surface area (Å²) in [6.45, 7) is 1.59. The molecule has 0 fully saturated rings. The molecule has 0 heterocycles. The summed E-state index contributed by atoms with van der Waals surface area (Å²) in [7, 11) is -5.76. The van der Waals surface area contributed by atoms with E-state index in [0.29, 0.717) is 5.56 Å². The number of hydrogen-bond acceptors (Lipinski definition) is 4. The standard InChI is InChI=1S/C9H7F3O4S/c1-6-2-3-8(7(4-6)5-13)16-17(14,15)9(10,11)12/h2-5H,1H3. The number of benzene rings is 1. The molecule has 1 rings (SSSR count). The molecular weight excluding hydrogens is 261 g/mol. The molecule has 0 aliphatic heterocycles. The van der Waals surface area contributed by atoms with Crippen LogP contribution in [0.4, 0.5) is 13.2 Å². The van der Waals surface area contributed by atoms with Crippen LogP contribution in [-0.4, -0.2) is 20.2 Å². The van der Waals surface area contributed by atoms with E-state index in [2.05, 4.69) is 4.18 Å². The van der Waals surface area contributed by atoms with Crippen molar-refractivity contribution in [2.75, 3.05) is 0 Å². The molecule has 0 aliphatic carbocycles. The van der Waals surface area contributed by atoms with Gasteiger partial charge in [0.25, 0.3) is 0 Å². The highest BCUT2D eigenvalue weighted by molar-refractivity contribution is 7.88. The molecule has 0 amide bonds. The number of rotatable bonds is 3. The predicted molar refractivity (Wildman–Crippen MR) is 52.2 cm³/mol. The van der Waals surface area contributed by atoms with Gasteiger partial charge < -0.3 is 4.18 Å². The highest BCUT2D eigenvalue weighted by Gasteiger charge is 2.48. The van der Waals surface area contributed by atoms with E-state index < -0.39 is 21.4 Å². The Morgan fingerprint density at radius 1 is 1.29 bits per heavy atom. The van der Waals surface area contributed by atoms with Gasteiger partial charge in [-0.15, -0.1) is 0 Å². The summed E-state index contributed by atoms with van der Waals surface area (Å²) in [5, 5.41) is 0. The van der Waals surface area contributed by atoms with Crippen LogP contribution in [0.15, 0.2) is 18.2 Å². The highest BCUT2D eigenvalue weighted by Crippen LogP contribution is 2.28. The number of aryl methyl sites for hydroxylation is 1. The first-order valence-corrected chi connectivity index (χ1v) is 5.65. The summed E-state index contributed by atoms with van der Waals surface area (Å²) < 4.78 is 61.4. The Bertz CT molecular complexity index is 534. The lowest BCUT2D eigenvalue weighted by atomic mass is 10.1. The zero-order valence-corrected chi connectivity index (χ0v) is 9.30. The largest absolute Gasteiger partial charge is 0.534 e. The second-order valence-corrected chi connectivity index (χ2v) is 4.68. The molecule has 1 aromatic carbocycles. The van der Waals surface area contributed by atoms with Crippen molar-refractivity contribution in [2.45, 2.75) is 12.4 Å². The fourth-order valence-corrected chi connectivity index (χ4v) is 1.48. The predicted octanol–water partition coefficient (Wildman–Crippen LogP) is 2.04. The Kier molecular flexibility index (Phi) is 3.46. The van der Waals surface area contributed by atoms with Crippen LogP contribution in [0.5, 0.6) is 5.75 Å². The van der Waals surface area contributed by atoms with Crippen molar-refractivity contribution in [3.8, 4) is 5.75 Å². The van der Waals surface area contributed by atoms with E-state index >= 15 is 0 Å². The monoisotopic (exact) mass is 268 g/mol. The number of hydrogen-bond donors (Lipinski definition) is 0. The van der Waals surface area contributed by atoms with Gasteiger partial charge >= 0.3 is 15.6 Å². The van der Waals surface area contributed by atoms with Crippen molar-refractivity contribution in [3.63, 3.8) is 0 Å². The lowest BCUT2D eigenvalue weighted by Crippen LogP contribution is -2.28. The van der Waals surface area contributed by atoms with Crippen molar-refractivity contribution in [1.29, 1.82) is 0 Å². The second-order valence-electron chi connectivity index (χ2n) is 3.14. The summed E-state index contributed by atoms with van der Waals surface area (Å²) in [5.74, 6) is -0.650. The summed E-state index contributed by atoms with van der Waals surface area (Å²) in [5.41, 5.74) is -5.21. The minimum absolute atomic E-state index is 0.216. The van der Waals surface area contributed by atoms with Gasteiger partial charge in [0.15, 0.2) is 12.0 Å². The molecule has 8 heteroatoms.